The van der Waals surface area contributed by atoms with Crippen molar-refractivity contribution in [2.75, 3.05) is 19.7 Å². The average molecular weight is 257 g/mol. The minimum absolute atomic E-state index is 0.370. The van der Waals surface area contributed by atoms with Crippen molar-refractivity contribution in [3.63, 3.8) is 0 Å². The number of aliphatic hydroxyl groups excluding tert-OH is 1. The van der Waals surface area contributed by atoms with E-state index in [9.17, 15) is 5.11 Å². The first-order chi connectivity index (χ1) is 8.61. The second-order valence-electron chi connectivity index (χ2n) is 6.10. The van der Waals surface area contributed by atoms with E-state index in [1.807, 2.05) is 0 Å². The Hall–Kier alpha value is -0.120. The molecule has 1 saturated carbocycles. The minimum atomic E-state index is -0.370. The summed E-state index contributed by atoms with van der Waals surface area (Å²) in [5, 5.41) is 13.1. The maximum Gasteiger partial charge on any atom is 0.0897 e. The molecule has 0 heterocycles. The third kappa shape index (κ3) is 6.72. The van der Waals surface area contributed by atoms with Gasteiger partial charge in [-0.05, 0) is 31.2 Å². The van der Waals surface area contributed by atoms with Crippen molar-refractivity contribution in [3.05, 3.63) is 0 Å². The fourth-order valence-electron chi connectivity index (χ4n) is 2.61. The minimum Gasteiger partial charge on any atom is -0.389 e. The van der Waals surface area contributed by atoms with Crippen LogP contribution in [-0.2, 0) is 4.74 Å². The van der Waals surface area contributed by atoms with Crippen molar-refractivity contribution in [1.82, 2.24) is 5.32 Å². The van der Waals surface area contributed by atoms with Crippen molar-refractivity contribution in [2.24, 2.45) is 11.8 Å². The molecule has 3 unspecified atom stereocenters. The third-order valence-electron chi connectivity index (χ3n) is 3.77. The van der Waals surface area contributed by atoms with E-state index in [0.29, 0.717) is 25.2 Å². The lowest BCUT2D eigenvalue weighted by molar-refractivity contribution is -0.0324. The molecule has 0 aromatic heterocycles. The number of hydrogen-bond donors (Lipinski definition) is 2. The van der Waals surface area contributed by atoms with Crippen LogP contribution in [0.2, 0.25) is 0 Å². The molecule has 108 valence electrons. The van der Waals surface area contributed by atoms with Gasteiger partial charge in [0.1, 0.15) is 0 Å². The lowest BCUT2D eigenvalue weighted by atomic mass is 9.85. The van der Waals surface area contributed by atoms with Crippen LogP contribution in [0.1, 0.15) is 52.9 Å². The molecule has 1 rings (SSSR count). The topological polar surface area (TPSA) is 41.5 Å². The molecule has 0 aromatic carbocycles. The van der Waals surface area contributed by atoms with Crippen LogP contribution in [-0.4, -0.2) is 37.0 Å². The fourth-order valence-corrected chi connectivity index (χ4v) is 2.61. The SMILES string of the molecule is CCC1CCCC(OCC(O)CNCC(C)C)C1. The quantitative estimate of drug-likeness (QED) is 0.702. The average Bonchev–Trinajstić information content (AvgIpc) is 2.36. The van der Waals surface area contributed by atoms with Crippen molar-refractivity contribution >= 4 is 0 Å². The Labute approximate surface area is 112 Å². The summed E-state index contributed by atoms with van der Waals surface area (Å²) in [6.45, 7) is 8.68. The third-order valence-corrected chi connectivity index (χ3v) is 3.77. The van der Waals surface area contributed by atoms with Gasteiger partial charge in [0.25, 0.3) is 0 Å². The van der Waals surface area contributed by atoms with E-state index >= 15 is 0 Å². The van der Waals surface area contributed by atoms with E-state index in [1.165, 1.54) is 32.1 Å². The number of aliphatic hydroxyl groups is 1. The summed E-state index contributed by atoms with van der Waals surface area (Å²) in [4.78, 5) is 0. The van der Waals surface area contributed by atoms with Crippen LogP contribution in [0.4, 0.5) is 0 Å². The Balaban J connectivity index is 2.08. The highest BCUT2D eigenvalue weighted by atomic mass is 16.5. The van der Waals surface area contributed by atoms with E-state index in [2.05, 4.69) is 26.1 Å². The standard InChI is InChI=1S/C15H31NO2/c1-4-13-6-5-7-15(8-13)18-11-14(17)10-16-9-12(2)3/h12-17H,4-11H2,1-3H3. The maximum atomic E-state index is 9.83. The summed E-state index contributed by atoms with van der Waals surface area (Å²) < 4.78 is 5.84. The highest BCUT2D eigenvalue weighted by molar-refractivity contribution is 4.73. The van der Waals surface area contributed by atoms with Crippen LogP contribution in [0.15, 0.2) is 0 Å². The van der Waals surface area contributed by atoms with Crippen molar-refractivity contribution in [1.29, 1.82) is 0 Å². The van der Waals surface area contributed by atoms with Gasteiger partial charge < -0.3 is 15.2 Å². The molecule has 2 N–H and O–H groups in total. The van der Waals surface area contributed by atoms with Gasteiger partial charge in [-0.1, -0.05) is 40.0 Å². The summed E-state index contributed by atoms with van der Waals surface area (Å²) >= 11 is 0. The van der Waals surface area contributed by atoms with Gasteiger partial charge >= 0.3 is 0 Å². The molecule has 1 fully saturated rings. The highest BCUT2D eigenvalue weighted by Crippen LogP contribution is 2.28. The number of nitrogens with one attached hydrogen (secondary N) is 1. The summed E-state index contributed by atoms with van der Waals surface area (Å²) in [5.41, 5.74) is 0. The van der Waals surface area contributed by atoms with Crippen LogP contribution in [0.5, 0.6) is 0 Å². The largest absolute Gasteiger partial charge is 0.389 e. The molecule has 0 bridgehead atoms. The normalized spacial score (nSPS) is 26.5. The molecule has 3 atom stereocenters. The Morgan fingerprint density at radius 1 is 1.28 bits per heavy atom. The van der Waals surface area contributed by atoms with Gasteiger partial charge in [-0.3, -0.25) is 0 Å². The molecular formula is C15H31NO2. The molecule has 0 spiro atoms. The van der Waals surface area contributed by atoms with Gasteiger partial charge in [0.2, 0.25) is 0 Å². The van der Waals surface area contributed by atoms with E-state index in [0.717, 1.165) is 12.5 Å². The van der Waals surface area contributed by atoms with Crippen LogP contribution < -0.4 is 5.32 Å². The van der Waals surface area contributed by atoms with Crippen LogP contribution >= 0.6 is 0 Å². The Morgan fingerprint density at radius 2 is 2.06 bits per heavy atom. The summed E-state index contributed by atoms with van der Waals surface area (Å²) in [6, 6.07) is 0. The van der Waals surface area contributed by atoms with Crippen molar-refractivity contribution < 1.29 is 9.84 Å². The Bertz CT molecular complexity index is 209. The van der Waals surface area contributed by atoms with Gasteiger partial charge in [-0.2, -0.15) is 0 Å². The van der Waals surface area contributed by atoms with Crippen LogP contribution in [0, 0.1) is 11.8 Å². The lowest BCUT2D eigenvalue weighted by Gasteiger charge is -2.29. The monoisotopic (exact) mass is 257 g/mol. The molecule has 3 nitrogen and oxygen atoms in total. The van der Waals surface area contributed by atoms with Gasteiger partial charge in [0, 0.05) is 6.54 Å². The predicted molar refractivity (Wildman–Crippen MR) is 75.7 cm³/mol. The number of ether oxygens (including phenoxy) is 1. The van der Waals surface area contributed by atoms with Crippen LogP contribution in [0.3, 0.4) is 0 Å². The van der Waals surface area contributed by atoms with Gasteiger partial charge in [-0.25, -0.2) is 0 Å². The molecule has 0 saturated heterocycles. The maximum absolute atomic E-state index is 9.83. The molecule has 0 aromatic rings. The molecule has 0 radical (unpaired) electrons. The van der Waals surface area contributed by atoms with Gasteiger partial charge in [0.15, 0.2) is 0 Å². The van der Waals surface area contributed by atoms with Crippen molar-refractivity contribution in [2.45, 2.75) is 65.1 Å². The Kier molecular flexibility index (Phi) is 7.87. The summed E-state index contributed by atoms with van der Waals surface area (Å²) in [6.07, 6.45) is 6.26. The zero-order valence-electron chi connectivity index (χ0n) is 12.3. The zero-order valence-corrected chi connectivity index (χ0v) is 12.3. The molecular weight excluding hydrogens is 226 g/mol. The first-order valence-corrected chi connectivity index (χ1v) is 7.62. The molecule has 3 heteroatoms. The second kappa shape index (κ2) is 8.89. The molecule has 0 amide bonds. The predicted octanol–water partition coefficient (Wildman–Crippen LogP) is 2.58. The number of rotatable bonds is 8. The van der Waals surface area contributed by atoms with E-state index in [4.69, 9.17) is 4.74 Å². The molecule has 0 aliphatic heterocycles. The van der Waals surface area contributed by atoms with Gasteiger partial charge in [0.05, 0.1) is 18.8 Å². The van der Waals surface area contributed by atoms with E-state index in [1.54, 1.807) is 0 Å². The molecule has 1 aliphatic rings. The van der Waals surface area contributed by atoms with E-state index < -0.39 is 0 Å². The summed E-state index contributed by atoms with van der Waals surface area (Å²) in [5.74, 6) is 1.46. The van der Waals surface area contributed by atoms with Crippen molar-refractivity contribution in [3.8, 4) is 0 Å². The van der Waals surface area contributed by atoms with E-state index in [-0.39, 0.29) is 6.10 Å². The smallest absolute Gasteiger partial charge is 0.0897 e. The Morgan fingerprint density at radius 3 is 2.72 bits per heavy atom. The second-order valence-corrected chi connectivity index (χ2v) is 6.10. The first-order valence-electron chi connectivity index (χ1n) is 7.62. The molecule has 1 aliphatic carbocycles. The first kappa shape index (κ1) is 15.9. The molecule has 18 heavy (non-hydrogen) atoms. The highest BCUT2D eigenvalue weighted by Gasteiger charge is 2.21. The zero-order chi connectivity index (χ0) is 13.4. The van der Waals surface area contributed by atoms with Gasteiger partial charge in [-0.15, -0.1) is 0 Å². The fraction of sp³-hybridized carbons (Fsp3) is 1.00. The number of hydrogen-bond acceptors (Lipinski definition) is 3. The lowest BCUT2D eigenvalue weighted by Crippen LogP contribution is -2.34. The van der Waals surface area contributed by atoms with Crippen LogP contribution in [0.25, 0.3) is 0 Å². The summed E-state index contributed by atoms with van der Waals surface area (Å²) in [7, 11) is 0.